The molecule has 1 heteroatoms. The van der Waals surface area contributed by atoms with Gasteiger partial charge in [0.15, 0.2) is 0 Å². The third kappa shape index (κ3) is 5.07. The van der Waals surface area contributed by atoms with Gasteiger partial charge in [0.1, 0.15) is 0 Å². The Bertz CT molecular complexity index is 2520. The summed E-state index contributed by atoms with van der Waals surface area (Å²) in [5.74, 6) is 6.83. The molecule has 0 spiro atoms. The predicted molar refractivity (Wildman–Crippen MR) is 192 cm³/mol. The van der Waals surface area contributed by atoms with Crippen LogP contribution in [0.5, 0.6) is 0 Å². The van der Waals surface area contributed by atoms with Gasteiger partial charge in [-0.15, -0.1) is 0 Å². The first kappa shape index (κ1) is 27.2. The Kier molecular flexibility index (Phi) is 6.84. The quantitative estimate of drug-likeness (QED) is 0.190. The molecule has 0 unspecified atom stereocenters. The van der Waals surface area contributed by atoms with Gasteiger partial charge in [-0.2, -0.15) is 5.26 Å². The van der Waals surface area contributed by atoms with Gasteiger partial charge in [-0.1, -0.05) is 121 Å². The molecule has 212 valence electrons. The van der Waals surface area contributed by atoms with Crippen LogP contribution in [0.4, 0.5) is 0 Å². The number of hydrogen-bond donors (Lipinski definition) is 0. The molecule has 0 atom stereocenters. The highest BCUT2D eigenvalue weighted by Crippen LogP contribution is 2.38. The molecule has 0 heterocycles. The Morgan fingerprint density at radius 3 is 1.72 bits per heavy atom. The Hall–Kier alpha value is -6.41. The van der Waals surface area contributed by atoms with Gasteiger partial charge in [0.2, 0.25) is 0 Å². The molecule has 0 aliphatic rings. The normalized spacial score (nSPS) is 10.8. The minimum Gasteiger partial charge on any atom is -0.192 e. The number of nitrogens with zero attached hydrogens (tertiary/aromatic N) is 1. The van der Waals surface area contributed by atoms with E-state index in [4.69, 9.17) is 0 Å². The van der Waals surface area contributed by atoms with Gasteiger partial charge in [0.25, 0.3) is 0 Å². The molecule has 1 nitrogen and oxygen atoms in total. The van der Waals surface area contributed by atoms with Crippen LogP contribution in [0, 0.1) is 23.2 Å². The first-order chi connectivity index (χ1) is 22.7. The van der Waals surface area contributed by atoms with Crippen molar-refractivity contribution in [2.75, 3.05) is 0 Å². The Morgan fingerprint density at radius 1 is 0.348 bits per heavy atom. The number of rotatable bonds is 3. The van der Waals surface area contributed by atoms with Crippen LogP contribution in [-0.2, 0) is 0 Å². The molecule has 0 radical (unpaired) electrons. The van der Waals surface area contributed by atoms with E-state index in [1.54, 1.807) is 0 Å². The van der Waals surface area contributed by atoms with Crippen LogP contribution in [0.15, 0.2) is 164 Å². The molecule has 0 aliphatic carbocycles. The van der Waals surface area contributed by atoms with Gasteiger partial charge in [0.05, 0.1) is 11.6 Å². The van der Waals surface area contributed by atoms with E-state index in [1.165, 1.54) is 27.3 Å². The summed E-state index contributed by atoms with van der Waals surface area (Å²) in [5, 5.41) is 16.4. The van der Waals surface area contributed by atoms with Crippen LogP contribution in [-0.4, -0.2) is 0 Å². The number of hydrogen-bond acceptors (Lipinski definition) is 1. The van der Waals surface area contributed by atoms with Gasteiger partial charge < -0.3 is 0 Å². The molecule has 8 rings (SSSR count). The minimum absolute atomic E-state index is 0.695. The van der Waals surface area contributed by atoms with E-state index in [1.807, 2.05) is 42.5 Å². The summed E-state index contributed by atoms with van der Waals surface area (Å²) < 4.78 is 0. The minimum atomic E-state index is 0.695. The maximum atomic E-state index is 9.62. The lowest BCUT2D eigenvalue weighted by Gasteiger charge is -2.14. The van der Waals surface area contributed by atoms with Crippen molar-refractivity contribution in [3.05, 3.63) is 180 Å². The zero-order valence-corrected chi connectivity index (χ0v) is 25.0. The fourth-order valence-corrected chi connectivity index (χ4v) is 6.38. The summed E-state index contributed by atoms with van der Waals surface area (Å²) in [6.07, 6.45) is 0. The fraction of sp³-hybridized carbons (Fsp3) is 0. The fourth-order valence-electron chi connectivity index (χ4n) is 6.38. The largest absolute Gasteiger partial charge is 0.192 e. The van der Waals surface area contributed by atoms with Crippen molar-refractivity contribution in [3.8, 4) is 51.3 Å². The average molecular weight is 582 g/mol. The monoisotopic (exact) mass is 581 g/mol. The van der Waals surface area contributed by atoms with Gasteiger partial charge >= 0.3 is 0 Å². The van der Waals surface area contributed by atoms with Crippen LogP contribution < -0.4 is 0 Å². The second-order valence-corrected chi connectivity index (χ2v) is 11.5. The molecule has 0 aromatic heterocycles. The molecular formula is C45H27N. The molecule has 0 amide bonds. The molecule has 0 bridgehead atoms. The summed E-state index contributed by atoms with van der Waals surface area (Å²) in [5.41, 5.74) is 9.63. The first-order valence-electron chi connectivity index (χ1n) is 15.4. The van der Waals surface area contributed by atoms with E-state index >= 15 is 0 Å². The Balaban J connectivity index is 1.31. The third-order valence-electron chi connectivity index (χ3n) is 8.68. The molecular weight excluding hydrogens is 555 g/mol. The van der Waals surface area contributed by atoms with Crippen LogP contribution in [0.1, 0.15) is 16.7 Å². The Morgan fingerprint density at radius 2 is 0.935 bits per heavy atom. The van der Waals surface area contributed by atoms with Crippen LogP contribution in [0.3, 0.4) is 0 Å². The van der Waals surface area contributed by atoms with E-state index in [0.29, 0.717) is 5.56 Å². The van der Waals surface area contributed by atoms with E-state index in [9.17, 15) is 5.26 Å². The molecule has 46 heavy (non-hydrogen) atoms. The van der Waals surface area contributed by atoms with Crippen molar-refractivity contribution < 1.29 is 0 Å². The predicted octanol–water partition coefficient (Wildman–Crippen LogP) is 11.4. The number of fused-ring (bicyclic) bond motifs is 3. The van der Waals surface area contributed by atoms with Crippen LogP contribution >= 0.6 is 0 Å². The van der Waals surface area contributed by atoms with E-state index in [-0.39, 0.29) is 0 Å². The highest BCUT2D eigenvalue weighted by molar-refractivity contribution is 6.03. The summed E-state index contributed by atoms with van der Waals surface area (Å²) in [7, 11) is 0. The standard InChI is InChI=1S/C45H27N/c46-30-38-16-9-15-36-24-33(20-22-43(36)38)40-28-41-25-34(21-23-44(41)45(29-40)32-12-5-2-6-13-32)39-26-35-14-7-8-17-42(35)37(27-39)19-18-31-10-3-1-4-11-31/h1-17,20-29H. The van der Waals surface area contributed by atoms with Crippen LogP contribution in [0.25, 0.3) is 65.7 Å². The van der Waals surface area contributed by atoms with Gasteiger partial charge in [0, 0.05) is 11.1 Å². The third-order valence-corrected chi connectivity index (χ3v) is 8.68. The van der Waals surface area contributed by atoms with E-state index in [0.717, 1.165) is 49.5 Å². The second-order valence-electron chi connectivity index (χ2n) is 11.5. The zero-order chi connectivity index (χ0) is 30.9. The highest BCUT2D eigenvalue weighted by Gasteiger charge is 2.12. The van der Waals surface area contributed by atoms with Crippen molar-refractivity contribution in [2.45, 2.75) is 0 Å². The summed E-state index contributed by atoms with van der Waals surface area (Å²) in [6, 6.07) is 59.7. The average Bonchev–Trinajstić information content (AvgIpc) is 3.13. The topological polar surface area (TPSA) is 23.8 Å². The summed E-state index contributed by atoms with van der Waals surface area (Å²) >= 11 is 0. The van der Waals surface area contributed by atoms with Gasteiger partial charge in [-0.05, 0) is 120 Å². The lowest BCUT2D eigenvalue weighted by Crippen LogP contribution is -1.89. The van der Waals surface area contributed by atoms with Crippen molar-refractivity contribution in [3.63, 3.8) is 0 Å². The van der Waals surface area contributed by atoms with Crippen molar-refractivity contribution in [2.24, 2.45) is 0 Å². The molecule has 0 aliphatic heterocycles. The lowest BCUT2D eigenvalue weighted by atomic mass is 9.90. The van der Waals surface area contributed by atoms with Crippen LogP contribution in [0.2, 0.25) is 0 Å². The summed E-state index contributed by atoms with van der Waals surface area (Å²) in [6.45, 7) is 0. The van der Waals surface area contributed by atoms with Gasteiger partial charge in [-0.3, -0.25) is 0 Å². The lowest BCUT2D eigenvalue weighted by molar-refractivity contribution is 1.50. The molecule has 0 saturated carbocycles. The highest BCUT2D eigenvalue weighted by atomic mass is 14.2. The maximum absolute atomic E-state index is 9.62. The van der Waals surface area contributed by atoms with Gasteiger partial charge in [-0.25, -0.2) is 0 Å². The van der Waals surface area contributed by atoms with Crippen molar-refractivity contribution in [1.29, 1.82) is 5.26 Å². The molecule has 8 aromatic rings. The van der Waals surface area contributed by atoms with Crippen molar-refractivity contribution >= 4 is 32.3 Å². The number of nitriles is 1. The maximum Gasteiger partial charge on any atom is 0.0998 e. The van der Waals surface area contributed by atoms with E-state index in [2.05, 4.69) is 139 Å². The smallest absolute Gasteiger partial charge is 0.0998 e. The SMILES string of the molecule is N#Cc1cccc2cc(-c3cc(-c4ccccc4)c4ccc(-c5cc(C#Cc6ccccc6)c6ccccc6c5)cc4c3)ccc12. The van der Waals surface area contributed by atoms with E-state index < -0.39 is 0 Å². The first-order valence-corrected chi connectivity index (χ1v) is 15.4. The molecule has 0 saturated heterocycles. The Labute approximate surface area is 268 Å². The van der Waals surface area contributed by atoms with Crippen molar-refractivity contribution in [1.82, 2.24) is 0 Å². The summed E-state index contributed by atoms with van der Waals surface area (Å²) in [4.78, 5) is 0. The molecule has 0 fully saturated rings. The molecule has 0 N–H and O–H groups in total. The zero-order valence-electron chi connectivity index (χ0n) is 25.0. The second kappa shape index (κ2) is 11.6. The molecule has 8 aromatic carbocycles. The number of benzene rings is 8.